The Morgan fingerprint density at radius 1 is 1.48 bits per heavy atom. The van der Waals surface area contributed by atoms with Crippen LogP contribution in [0.5, 0.6) is 0 Å². The van der Waals surface area contributed by atoms with Gasteiger partial charge in [-0.25, -0.2) is 9.89 Å². The number of aromatic carboxylic acids is 1. The first-order chi connectivity index (χ1) is 10.7. The van der Waals surface area contributed by atoms with Crippen molar-refractivity contribution in [1.29, 1.82) is 0 Å². The van der Waals surface area contributed by atoms with Crippen LogP contribution >= 0.6 is 11.3 Å². The van der Waals surface area contributed by atoms with E-state index in [9.17, 15) is 22.8 Å². The molecule has 2 aromatic rings. The van der Waals surface area contributed by atoms with E-state index < -0.39 is 35.0 Å². The molecule has 0 radical (unpaired) electrons. The number of nitrogens with one attached hydrogen (secondary N) is 2. The van der Waals surface area contributed by atoms with Crippen LogP contribution in [0.1, 0.15) is 27.0 Å². The third-order valence-corrected chi connectivity index (χ3v) is 4.02. The van der Waals surface area contributed by atoms with E-state index in [1.54, 1.807) is 18.1 Å². The second kappa shape index (κ2) is 6.41. The molecule has 1 unspecified atom stereocenters. The van der Waals surface area contributed by atoms with Crippen molar-refractivity contribution in [2.75, 3.05) is 5.32 Å². The maximum absolute atomic E-state index is 12.9. The summed E-state index contributed by atoms with van der Waals surface area (Å²) in [5.74, 6) is -1.06. The number of hydrogen-bond donors (Lipinski definition) is 3. The molecule has 0 amide bonds. The number of aromatic nitrogens is 2. The molecule has 0 aliphatic heterocycles. The molecule has 1 atom stereocenters. The third kappa shape index (κ3) is 4.09. The molecule has 2 heterocycles. The molecule has 0 aliphatic rings. The van der Waals surface area contributed by atoms with Gasteiger partial charge in [-0.05, 0) is 19.1 Å². The minimum absolute atomic E-state index is 0.154. The molecule has 124 valence electrons. The standard InChI is InChI=1S/C13H12F3N3O3S/c1-6(4-7-2-3-9(23-7)12(21)22)18-8-5-17-19-11(20)10(8)13(14,15)16/h2-3,5-6H,4H2,1H3,(H,21,22)(H2,18,19,20). The molecule has 6 nitrogen and oxygen atoms in total. The number of alkyl halides is 3. The molecule has 10 heteroatoms. The fourth-order valence-corrected chi connectivity index (χ4v) is 2.99. The molecule has 0 bridgehead atoms. The first-order valence-electron chi connectivity index (χ1n) is 6.42. The number of carbonyl (C=O) groups is 1. The van der Waals surface area contributed by atoms with E-state index in [1.807, 2.05) is 0 Å². The largest absolute Gasteiger partial charge is 0.477 e. The number of halogens is 3. The van der Waals surface area contributed by atoms with Crippen LogP contribution in [0.3, 0.4) is 0 Å². The van der Waals surface area contributed by atoms with E-state index in [0.717, 1.165) is 17.5 Å². The van der Waals surface area contributed by atoms with Crippen molar-refractivity contribution < 1.29 is 23.1 Å². The van der Waals surface area contributed by atoms with Gasteiger partial charge in [-0.15, -0.1) is 11.3 Å². The Morgan fingerprint density at radius 2 is 2.17 bits per heavy atom. The van der Waals surface area contributed by atoms with E-state index >= 15 is 0 Å². The summed E-state index contributed by atoms with van der Waals surface area (Å²) in [4.78, 5) is 23.0. The summed E-state index contributed by atoms with van der Waals surface area (Å²) in [5, 5.41) is 16.6. The molecule has 0 saturated carbocycles. The summed E-state index contributed by atoms with van der Waals surface area (Å²) >= 11 is 1.05. The highest BCUT2D eigenvalue weighted by atomic mass is 32.1. The van der Waals surface area contributed by atoms with Gasteiger partial charge >= 0.3 is 12.1 Å². The number of rotatable bonds is 5. The fraction of sp³-hybridized carbons (Fsp3) is 0.308. The zero-order chi connectivity index (χ0) is 17.2. The van der Waals surface area contributed by atoms with Gasteiger partial charge in [0.05, 0.1) is 11.9 Å². The zero-order valence-corrected chi connectivity index (χ0v) is 12.6. The van der Waals surface area contributed by atoms with Gasteiger partial charge in [0.25, 0.3) is 5.56 Å². The highest BCUT2D eigenvalue weighted by molar-refractivity contribution is 7.13. The molecule has 2 aromatic heterocycles. The number of anilines is 1. The summed E-state index contributed by atoms with van der Waals surface area (Å²) in [6.07, 6.45) is -3.60. The Balaban J connectivity index is 2.17. The second-order valence-corrected chi connectivity index (χ2v) is 5.97. The van der Waals surface area contributed by atoms with Crippen molar-refractivity contribution >= 4 is 23.0 Å². The van der Waals surface area contributed by atoms with E-state index in [1.165, 1.54) is 6.07 Å². The number of H-pyrrole nitrogens is 1. The number of thiophene rings is 1. The van der Waals surface area contributed by atoms with Gasteiger partial charge in [0.1, 0.15) is 10.4 Å². The predicted molar refractivity (Wildman–Crippen MR) is 77.9 cm³/mol. The van der Waals surface area contributed by atoms with Crippen LogP contribution in [0.25, 0.3) is 0 Å². The van der Waals surface area contributed by atoms with E-state index in [0.29, 0.717) is 11.3 Å². The molecule has 0 aliphatic carbocycles. The topological polar surface area (TPSA) is 95.1 Å². The molecule has 0 saturated heterocycles. The number of carboxylic acid groups (broad SMARTS) is 1. The summed E-state index contributed by atoms with van der Waals surface area (Å²) < 4.78 is 38.8. The van der Waals surface area contributed by atoms with Crippen molar-refractivity contribution in [3.63, 3.8) is 0 Å². The minimum Gasteiger partial charge on any atom is -0.477 e. The average molecular weight is 347 g/mol. The molecular weight excluding hydrogens is 335 g/mol. The van der Waals surface area contributed by atoms with E-state index in [4.69, 9.17) is 5.11 Å². The van der Waals surface area contributed by atoms with Gasteiger partial charge in [-0.1, -0.05) is 0 Å². The van der Waals surface area contributed by atoms with Gasteiger partial charge < -0.3 is 10.4 Å². The third-order valence-electron chi connectivity index (χ3n) is 2.92. The molecule has 3 N–H and O–H groups in total. The Labute approximate surface area is 132 Å². The normalized spacial score (nSPS) is 12.9. The van der Waals surface area contributed by atoms with Gasteiger partial charge in [-0.3, -0.25) is 4.79 Å². The SMILES string of the molecule is CC(Cc1ccc(C(=O)O)s1)Nc1cn[nH]c(=O)c1C(F)(F)F. The maximum Gasteiger partial charge on any atom is 0.423 e. The number of carboxylic acids is 1. The molecule has 0 spiro atoms. The average Bonchev–Trinajstić information content (AvgIpc) is 2.85. The van der Waals surface area contributed by atoms with Crippen molar-refractivity contribution in [2.24, 2.45) is 0 Å². The van der Waals surface area contributed by atoms with Gasteiger partial charge in [0.2, 0.25) is 0 Å². The lowest BCUT2D eigenvalue weighted by Gasteiger charge is -2.17. The van der Waals surface area contributed by atoms with Crippen LogP contribution in [-0.4, -0.2) is 27.3 Å². The minimum atomic E-state index is -4.81. The quantitative estimate of drug-likeness (QED) is 0.773. The van der Waals surface area contributed by atoms with Crippen molar-refractivity contribution in [2.45, 2.75) is 25.6 Å². The molecular formula is C13H12F3N3O3S. The summed E-state index contributed by atoms with van der Waals surface area (Å²) in [6, 6.07) is 2.58. The summed E-state index contributed by atoms with van der Waals surface area (Å²) in [6.45, 7) is 1.63. The maximum atomic E-state index is 12.9. The van der Waals surface area contributed by atoms with Crippen LogP contribution in [-0.2, 0) is 12.6 Å². The monoisotopic (exact) mass is 347 g/mol. The highest BCUT2D eigenvalue weighted by Crippen LogP contribution is 2.31. The van der Waals surface area contributed by atoms with Crippen molar-refractivity contribution in [3.05, 3.63) is 44.0 Å². The molecule has 23 heavy (non-hydrogen) atoms. The zero-order valence-electron chi connectivity index (χ0n) is 11.8. The number of hydrogen-bond acceptors (Lipinski definition) is 5. The molecule has 0 aromatic carbocycles. The molecule has 0 fully saturated rings. The van der Waals surface area contributed by atoms with Crippen LogP contribution in [0.2, 0.25) is 0 Å². The van der Waals surface area contributed by atoms with Crippen molar-refractivity contribution in [3.8, 4) is 0 Å². The second-order valence-electron chi connectivity index (χ2n) is 4.81. The van der Waals surface area contributed by atoms with Crippen LogP contribution < -0.4 is 10.9 Å². The fourth-order valence-electron chi connectivity index (χ4n) is 2.01. The number of aromatic amines is 1. The number of nitrogens with zero attached hydrogens (tertiary/aromatic N) is 1. The highest BCUT2D eigenvalue weighted by Gasteiger charge is 2.37. The lowest BCUT2D eigenvalue weighted by atomic mass is 10.1. The van der Waals surface area contributed by atoms with Crippen LogP contribution in [0.4, 0.5) is 18.9 Å². The van der Waals surface area contributed by atoms with Crippen LogP contribution in [0, 0.1) is 0 Å². The van der Waals surface area contributed by atoms with E-state index in [-0.39, 0.29) is 4.88 Å². The Kier molecular flexibility index (Phi) is 4.73. The van der Waals surface area contributed by atoms with E-state index in [2.05, 4.69) is 10.4 Å². The Morgan fingerprint density at radius 3 is 2.74 bits per heavy atom. The summed E-state index contributed by atoms with van der Waals surface area (Å²) in [5.41, 5.74) is -3.07. The molecule has 2 rings (SSSR count). The lowest BCUT2D eigenvalue weighted by molar-refractivity contribution is -0.138. The lowest BCUT2D eigenvalue weighted by Crippen LogP contribution is -2.27. The Hall–Kier alpha value is -2.36. The van der Waals surface area contributed by atoms with Crippen molar-refractivity contribution in [1.82, 2.24) is 10.2 Å². The van der Waals surface area contributed by atoms with Gasteiger partial charge in [0.15, 0.2) is 0 Å². The van der Waals surface area contributed by atoms with Gasteiger partial charge in [0, 0.05) is 17.3 Å². The first-order valence-corrected chi connectivity index (χ1v) is 7.23. The smallest absolute Gasteiger partial charge is 0.423 e. The predicted octanol–water partition coefficient (Wildman–Crippen LogP) is 2.59. The first kappa shape index (κ1) is 17.0. The van der Waals surface area contributed by atoms with Gasteiger partial charge in [-0.2, -0.15) is 18.3 Å². The van der Waals surface area contributed by atoms with Crippen LogP contribution in [0.15, 0.2) is 23.1 Å². The Bertz CT molecular complexity index is 770. The summed E-state index contributed by atoms with van der Waals surface area (Å²) in [7, 11) is 0.